The zero-order chi connectivity index (χ0) is 41.4. The first-order valence-electron chi connectivity index (χ1n) is 20.4. The number of hydrogen-bond donors (Lipinski definition) is 1. The molecule has 7 heterocycles. The average molecular weight is 827 g/mol. The summed E-state index contributed by atoms with van der Waals surface area (Å²) in [5.74, 6) is -4.61. The first kappa shape index (κ1) is 43.2. The van der Waals surface area contributed by atoms with E-state index in [2.05, 4.69) is 0 Å². The van der Waals surface area contributed by atoms with Gasteiger partial charge >= 0.3 is 0 Å². The lowest BCUT2D eigenvalue weighted by Crippen LogP contribution is -2.62. The molecule has 0 amide bonds. The molecule has 15 atom stereocenters. The Morgan fingerprint density at radius 1 is 0.552 bits per heavy atom. The van der Waals surface area contributed by atoms with Crippen LogP contribution >= 0.6 is 0 Å². The van der Waals surface area contributed by atoms with E-state index in [1.54, 1.807) is 34.8 Å². The molecule has 8 rings (SSSR count). The van der Waals surface area contributed by atoms with Crippen LogP contribution in [0, 0.1) is 0 Å². The summed E-state index contributed by atoms with van der Waals surface area (Å²) >= 11 is 0. The smallest absolute Gasteiger partial charge is 0.190 e. The second-order valence-electron chi connectivity index (χ2n) is 18.3. The Morgan fingerprint density at radius 2 is 1.03 bits per heavy atom. The van der Waals surface area contributed by atoms with Crippen molar-refractivity contribution in [2.45, 2.75) is 197 Å². The summed E-state index contributed by atoms with van der Waals surface area (Å²) in [5.41, 5.74) is 0.959. The molecule has 0 spiro atoms. The number of benzene rings is 1. The van der Waals surface area contributed by atoms with Gasteiger partial charge < -0.3 is 80.9 Å². The van der Waals surface area contributed by atoms with Crippen LogP contribution in [0.1, 0.15) is 74.8 Å². The van der Waals surface area contributed by atoms with Crippen LogP contribution in [0.25, 0.3) is 0 Å². The second-order valence-corrected chi connectivity index (χ2v) is 18.3. The maximum absolute atomic E-state index is 11.6. The first-order chi connectivity index (χ1) is 27.2. The molecule has 1 N–H and O–H groups in total. The quantitative estimate of drug-likeness (QED) is 0.288. The molecule has 0 saturated carbocycles. The monoisotopic (exact) mass is 826 g/mol. The van der Waals surface area contributed by atoms with Gasteiger partial charge in [-0.2, -0.15) is 0 Å². The van der Waals surface area contributed by atoms with Crippen LogP contribution in [0.3, 0.4) is 0 Å². The highest BCUT2D eigenvalue weighted by Gasteiger charge is 2.62. The molecule has 7 fully saturated rings. The predicted molar refractivity (Wildman–Crippen MR) is 197 cm³/mol. The maximum atomic E-state index is 11.6. The minimum atomic E-state index is -1.20. The minimum Gasteiger partial charge on any atom is -0.385 e. The zero-order valence-electron chi connectivity index (χ0n) is 35.4. The molecule has 0 aliphatic carbocycles. The normalized spacial score (nSPS) is 43.4. The minimum absolute atomic E-state index is 0.0266. The highest BCUT2D eigenvalue weighted by molar-refractivity contribution is 5.14. The summed E-state index contributed by atoms with van der Waals surface area (Å²) in [6, 6.07) is 9.81. The number of hydrogen-bond acceptors (Lipinski definition) is 17. The van der Waals surface area contributed by atoms with Crippen LogP contribution in [-0.2, 0) is 82.4 Å². The number of aliphatic hydroxyl groups is 1. The molecule has 0 unspecified atom stereocenters. The van der Waals surface area contributed by atoms with Gasteiger partial charge in [0.2, 0.25) is 0 Å². The van der Waals surface area contributed by atoms with Crippen LogP contribution in [-0.4, -0.2) is 153 Å². The molecule has 7 aliphatic rings. The number of fused-ring (bicyclic) bond motifs is 5. The highest BCUT2D eigenvalue weighted by Crippen LogP contribution is 2.46. The SMILES string of the molecule is COC(C)(C)OC[C@H]1O[C@@H](OC[C@H]2O[C@@H](OC[C@H]3O[C@@H]4OC(C)(C)O[C@@H]4[C@H]4OC(C)(C)O[C@H]43)[C@H](OCc3ccccc3)[C@H]3OC(C)(C)O[C@H]32)[C@H](O)[C@H]2OC(C)(C)O[C@H]21. The van der Waals surface area contributed by atoms with E-state index in [-0.39, 0.29) is 26.4 Å². The van der Waals surface area contributed by atoms with E-state index < -0.39 is 121 Å². The molecule has 17 heteroatoms. The van der Waals surface area contributed by atoms with Gasteiger partial charge in [0.1, 0.15) is 73.2 Å². The molecule has 0 aromatic heterocycles. The molecule has 17 nitrogen and oxygen atoms in total. The van der Waals surface area contributed by atoms with Gasteiger partial charge in [-0.25, -0.2) is 0 Å². The van der Waals surface area contributed by atoms with Gasteiger partial charge in [-0.05, 0) is 74.8 Å². The van der Waals surface area contributed by atoms with Gasteiger partial charge in [0.15, 0.2) is 47.8 Å². The first-order valence-corrected chi connectivity index (χ1v) is 20.4. The third kappa shape index (κ3) is 9.17. The Hall–Kier alpha value is -1.46. The third-order valence-electron chi connectivity index (χ3n) is 11.4. The van der Waals surface area contributed by atoms with E-state index >= 15 is 0 Å². The Morgan fingerprint density at radius 3 is 1.69 bits per heavy atom. The van der Waals surface area contributed by atoms with Crippen LogP contribution in [0.15, 0.2) is 30.3 Å². The molecule has 1 aromatic rings. The standard InChI is InChI=1S/C41H62O17/c1-37(2,43-11)47-20-24-26-29(54-38(3,4)51-26)25(42)34(48-24)45-18-22-27-30(55-39(5,6)52-27)32(44-17-21-15-13-12-14-16-21)35(49-22)46-19-23-28-31(56-40(7,8)53-28)33-36(50-23)58-41(9,10)57-33/h12-16,22-36,42H,17-20H2,1-11H3/t22-,23-,24-,25-,26+,27+,28+,29-,30+,31+,32-,33-,34-,35-,36-/m1/s1. The van der Waals surface area contributed by atoms with Crippen molar-refractivity contribution in [1.29, 1.82) is 0 Å². The fourth-order valence-electron chi connectivity index (χ4n) is 8.72. The summed E-state index contributed by atoms with van der Waals surface area (Å²) < 4.78 is 101. The van der Waals surface area contributed by atoms with Crippen molar-refractivity contribution < 1.29 is 80.9 Å². The van der Waals surface area contributed by atoms with E-state index in [9.17, 15) is 5.11 Å². The van der Waals surface area contributed by atoms with Gasteiger partial charge in [-0.3, -0.25) is 0 Å². The van der Waals surface area contributed by atoms with Crippen molar-refractivity contribution in [2.24, 2.45) is 0 Å². The molecule has 1 aromatic carbocycles. The van der Waals surface area contributed by atoms with Crippen LogP contribution in [0.4, 0.5) is 0 Å². The molecule has 7 saturated heterocycles. The van der Waals surface area contributed by atoms with Gasteiger partial charge in [0.05, 0.1) is 26.4 Å². The molecule has 328 valence electrons. The number of methoxy groups -OCH3 is 1. The highest BCUT2D eigenvalue weighted by atomic mass is 16.9. The summed E-state index contributed by atoms with van der Waals surface area (Å²) in [7, 11) is 1.56. The molecular formula is C41H62O17. The molecule has 0 radical (unpaired) electrons. The van der Waals surface area contributed by atoms with Crippen molar-refractivity contribution in [3.8, 4) is 0 Å². The average Bonchev–Trinajstić information content (AvgIpc) is 3.86. The van der Waals surface area contributed by atoms with Gasteiger partial charge in [-0.1, -0.05) is 30.3 Å². The van der Waals surface area contributed by atoms with E-state index in [4.69, 9.17) is 75.8 Å². The molecular weight excluding hydrogens is 764 g/mol. The predicted octanol–water partition coefficient (Wildman–Crippen LogP) is 3.25. The lowest BCUT2D eigenvalue weighted by atomic mass is 9.97. The molecule has 0 bridgehead atoms. The largest absolute Gasteiger partial charge is 0.385 e. The molecule has 7 aliphatic heterocycles. The fourth-order valence-corrected chi connectivity index (χ4v) is 8.72. The van der Waals surface area contributed by atoms with Crippen molar-refractivity contribution in [1.82, 2.24) is 0 Å². The summed E-state index contributed by atoms with van der Waals surface area (Å²) in [5, 5.41) is 11.6. The number of aliphatic hydroxyl groups excluding tert-OH is 1. The lowest BCUT2D eigenvalue weighted by Gasteiger charge is -2.44. The van der Waals surface area contributed by atoms with E-state index in [1.807, 2.05) is 71.9 Å². The maximum Gasteiger partial charge on any atom is 0.190 e. The van der Waals surface area contributed by atoms with Crippen molar-refractivity contribution in [3.63, 3.8) is 0 Å². The third-order valence-corrected chi connectivity index (χ3v) is 11.4. The van der Waals surface area contributed by atoms with E-state index in [0.717, 1.165) is 5.56 Å². The second kappa shape index (κ2) is 16.0. The Labute approximate surface area is 340 Å². The van der Waals surface area contributed by atoms with Crippen molar-refractivity contribution >= 4 is 0 Å². The summed E-state index contributed by atoms with van der Waals surface area (Å²) in [6.07, 6.45) is -10.9. The lowest BCUT2D eigenvalue weighted by molar-refractivity contribution is -0.330. The van der Waals surface area contributed by atoms with Crippen molar-refractivity contribution in [3.05, 3.63) is 35.9 Å². The van der Waals surface area contributed by atoms with E-state index in [1.165, 1.54) is 0 Å². The summed E-state index contributed by atoms with van der Waals surface area (Å²) in [6.45, 7) is 18.5. The number of rotatable bonds is 13. The van der Waals surface area contributed by atoms with Crippen LogP contribution < -0.4 is 0 Å². The summed E-state index contributed by atoms with van der Waals surface area (Å²) in [4.78, 5) is 0. The van der Waals surface area contributed by atoms with Crippen molar-refractivity contribution in [2.75, 3.05) is 26.9 Å². The Kier molecular flexibility index (Phi) is 11.9. The van der Waals surface area contributed by atoms with Crippen LogP contribution in [0.2, 0.25) is 0 Å². The van der Waals surface area contributed by atoms with E-state index in [0.29, 0.717) is 0 Å². The number of ether oxygens (including phenoxy) is 16. The molecule has 58 heavy (non-hydrogen) atoms. The van der Waals surface area contributed by atoms with Gasteiger partial charge in [0, 0.05) is 7.11 Å². The fraction of sp³-hybridized carbons (Fsp3) is 0.854. The van der Waals surface area contributed by atoms with Gasteiger partial charge in [-0.15, -0.1) is 0 Å². The van der Waals surface area contributed by atoms with Gasteiger partial charge in [0.25, 0.3) is 0 Å². The Balaban J connectivity index is 1.02. The zero-order valence-corrected chi connectivity index (χ0v) is 35.4. The topological polar surface area (TPSA) is 168 Å². The Bertz CT molecular complexity index is 1560. The van der Waals surface area contributed by atoms with Crippen LogP contribution in [0.5, 0.6) is 0 Å².